The van der Waals surface area contributed by atoms with Crippen LogP contribution in [0.15, 0.2) is 18.2 Å². The van der Waals surface area contributed by atoms with Crippen molar-refractivity contribution < 1.29 is 27.1 Å². The Morgan fingerprint density at radius 1 is 1.19 bits per heavy atom. The van der Waals surface area contributed by atoms with Crippen LogP contribution in [0.1, 0.15) is 22.8 Å². The highest BCUT2D eigenvalue weighted by atomic mass is 19.4. The lowest BCUT2D eigenvalue weighted by Gasteiger charge is -2.15. The molecule has 1 unspecified atom stereocenters. The largest absolute Gasteiger partial charge is 0.416 e. The minimum Gasteiger partial charge on any atom is -0.382 e. The van der Waals surface area contributed by atoms with Gasteiger partial charge in [-0.1, -0.05) is 6.07 Å². The monoisotopic (exact) mass is 240 g/mol. The van der Waals surface area contributed by atoms with Crippen molar-refractivity contribution >= 4 is 0 Å². The SMILES string of the molecule is Cc1cc(C(F)(F)F)ccc1C(O)C(F)F. The van der Waals surface area contributed by atoms with E-state index >= 15 is 0 Å². The summed E-state index contributed by atoms with van der Waals surface area (Å²) in [6, 6.07) is 2.28. The molecule has 6 heteroatoms. The fraction of sp³-hybridized carbons (Fsp3) is 0.400. The van der Waals surface area contributed by atoms with Crippen LogP contribution >= 0.6 is 0 Å². The number of alkyl halides is 5. The van der Waals surface area contributed by atoms with Gasteiger partial charge in [-0.15, -0.1) is 0 Å². The number of aliphatic hydroxyl groups is 1. The van der Waals surface area contributed by atoms with E-state index < -0.39 is 24.3 Å². The molecule has 16 heavy (non-hydrogen) atoms. The summed E-state index contributed by atoms with van der Waals surface area (Å²) in [5.74, 6) is 0. The fourth-order valence-corrected chi connectivity index (χ4v) is 1.32. The maximum absolute atomic E-state index is 12.2. The lowest BCUT2D eigenvalue weighted by Crippen LogP contribution is -2.11. The van der Waals surface area contributed by atoms with E-state index in [0.29, 0.717) is 6.07 Å². The lowest BCUT2D eigenvalue weighted by atomic mass is 10.0. The average molecular weight is 240 g/mol. The molecule has 0 bridgehead atoms. The molecule has 0 aliphatic carbocycles. The van der Waals surface area contributed by atoms with Gasteiger partial charge in [0.15, 0.2) is 0 Å². The van der Waals surface area contributed by atoms with Crippen LogP contribution in [0.2, 0.25) is 0 Å². The first kappa shape index (κ1) is 12.9. The van der Waals surface area contributed by atoms with Crippen LogP contribution in [0.3, 0.4) is 0 Å². The summed E-state index contributed by atoms with van der Waals surface area (Å²) in [5.41, 5.74) is -1.12. The number of aryl methyl sites for hydroxylation is 1. The first-order valence-corrected chi connectivity index (χ1v) is 4.37. The summed E-state index contributed by atoms with van der Waals surface area (Å²) in [7, 11) is 0. The molecule has 90 valence electrons. The highest BCUT2D eigenvalue weighted by Crippen LogP contribution is 2.32. The van der Waals surface area contributed by atoms with Gasteiger partial charge in [0, 0.05) is 0 Å². The zero-order chi connectivity index (χ0) is 12.5. The first-order chi connectivity index (χ1) is 7.23. The van der Waals surface area contributed by atoms with Gasteiger partial charge >= 0.3 is 6.18 Å². The number of hydrogen-bond donors (Lipinski definition) is 1. The smallest absolute Gasteiger partial charge is 0.382 e. The van der Waals surface area contributed by atoms with Crippen LogP contribution in [-0.2, 0) is 6.18 Å². The van der Waals surface area contributed by atoms with E-state index in [9.17, 15) is 22.0 Å². The van der Waals surface area contributed by atoms with Crippen LogP contribution in [0.25, 0.3) is 0 Å². The van der Waals surface area contributed by atoms with E-state index in [1.165, 1.54) is 6.92 Å². The van der Waals surface area contributed by atoms with E-state index in [2.05, 4.69) is 0 Å². The zero-order valence-corrected chi connectivity index (χ0v) is 8.22. The van der Waals surface area contributed by atoms with Gasteiger partial charge in [-0.05, 0) is 30.2 Å². The Labute approximate surface area is 88.5 Å². The molecule has 1 rings (SSSR count). The van der Waals surface area contributed by atoms with Crippen molar-refractivity contribution in [2.45, 2.75) is 25.6 Å². The summed E-state index contributed by atoms with van der Waals surface area (Å²) >= 11 is 0. The van der Waals surface area contributed by atoms with Gasteiger partial charge in [0.2, 0.25) is 0 Å². The van der Waals surface area contributed by atoms with E-state index in [4.69, 9.17) is 5.11 Å². The minimum atomic E-state index is -4.51. The Balaban J connectivity index is 3.10. The van der Waals surface area contributed by atoms with Crippen LogP contribution in [-0.4, -0.2) is 11.5 Å². The van der Waals surface area contributed by atoms with Gasteiger partial charge in [-0.25, -0.2) is 8.78 Å². The molecule has 0 fully saturated rings. The van der Waals surface area contributed by atoms with Gasteiger partial charge in [0.05, 0.1) is 5.56 Å². The van der Waals surface area contributed by atoms with Gasteiger partial charge < -0.3 is 5.11 Å². The third kappa shape index (κ3) is 2.69. The molecule has 0 spiro atoms. The summed E-state index contributed by atoms with van der Waals surface area (Å²) in [5, 5.41) is 9.04. The Morgan fingerprint density at radius 3 is 2.12 bits per heavy atom. The molecule has 0 radical (unpaired) electrons. The van der Waals surface area contributed by atoms with Crippen molar-refractivity contribution in [2.75, 3.05) is 0 Å². The van der Waals surface area contributed by atoms with Crippen molar-refractivity contribution in [3.63, 3.8) is 0 Å². The molecule has 1 aromatic carbocycles. The Bertz CT molecular complexity index is 372. The molecule has 1 N–H and O–H groups in total. The summed E-state index contributed by atoms with van der Waals surface area (Å²) in [6.45, 7) is 1.25. The maximum Gasteiger partial charge on any atom is 0.416 e. The summed E-state index contributed by atoms with van der Waals surface area (Å²) < 4.78 is 61.1. The highest BCUT2D eigenvalue weighted by Gasteiger charge is 2.31. The molecule has 0 aliphatic rings. The molecule has 0 heterocycles. The second-order valence-electron chi connectivity index (χ2n) is 3.35. The summed E-state index contributed by atoms with van der Waals surface area (Å²) in [4.78, 5) is 0. The van der Waals surface area contributed by atoms with Crippen LogP contribution in [0, 0.1) is 6.92 Å². The molecule has 1 atom stereocenters. The Kier molecular flexibility index (Phi) is 3.52. The second kappa shape index (κ2) is 4.37. The number of halogens is 5. The van der Waals surface area contributed by atoms with Crippen LogP contribution in [0.4, 0.5) is 22.0 Å². The second-order valence-corrected chi connectivity index (χ2v) is 3.35. The number of rotatable bonds is 2. The molecule has 0 aliphatic heterocycles. The maximum atomic E-state index is 12.2. The molecule has 0 saturated heterocycles. The molecule has 0 aromatic heterocycles. The fourth-order valence-electron chi connectivity index (χ4n) is 1.32. The average Bonchev–Trinajstić information content (AvgIpc) is 2.15. The van der Waals surface area contributed by atoms with Crippen molar-refractivity contribution in [3.05, 3.63) is 34.9 Å². The first-order valence-electron chi connectivity index (χ1n) is 4.37. The number of benzene rings is 1. The Hall–Kier alpha value is -1.17. The molecular formula is C10H9F5O. The molecular weight excluding hydrogens is 231 g/mol. The van der Waals surface area contributed by atoms with Crippen molar-refractivity contribution in [2.24, 2.45) is 0 Å². The van der Waals surface area contributed by atoms with Crippen LogP contribution < -0.4 is 0 Å². The van der Waals surface area contributed by atoms with Crippen LogP contribution in [0.5, 0.6) is 0 Å². The van der Waals surface area contributed by atoms with Crippen molar-refractivity contribution in [1.29, 1.82) is 0 Å². The molecule has 1 nitrogen and oxygen atoms in total. The Morgan fingerprint density at radius 2 is 1.75 bits per heavy atom. The minimum absolute atomic E-state index is 0.0115. The topological polar surface area (TPSA) is 20.2 Å². The molecule has 0 amide bonds. The van der Waals surface area contributed by atoms with Gasteiger partial charge in [0.1, 0.15) is 6.10 Å². The quantitative estimate of drug-likeness (QED) is 0.786. The highest BCUT2D eigenvalue weighted by molar-refractivity contribution is 5.34. The molecule has 0 saturated carbocycles. The van der Waals surface area contributed by atoms with E-state index in [1.54, 1.807) is 0 Å². The van der Waals surface area contributed by atoms with Crippen molar-refractivity contribution in [1.82, 2.24) is 0 Å². The normalized spacial score (nSPS) is 14.2. The predicted molar refractivity (Wildman–Crippen MR) is 47.1 cm³/mol. The standard InChI is InChI=1S/C10H9F5O/c1-5-4-6(10(13,14)15)2-3-7(5)8(16)9(11)12/h2-4,8-9,16H,1H3. The zero-order valence-electron chi connectivity index (χ0n) is 8.22. The lowest BCUT2D eigenvalue weighted by molar-refractivity contribution is -0.137. The predicted octanol–water partition coefficient (Wildman–Crippen LogP) is 3.31. The van der Waals surface area contributed by atoms with Gasteiger partial charge in [-0.3, -0.25) is 0 Å². The molecule has 1 aromatic rings. The van der Waals surface area contributed by atoms with E-state index in [1.807, 2.05) is 0 Å². The number of hydrogen-bond acceptors (Lipinski definition) is 1. The van der Waals surface area contributed by atoms with Gasteiger partial charge in [-0.2, -0.15) is 13.2 Å². The van der Waals surface area contributed by atoms with E-state index in [-0.39, 0.29) is 11.1 Å². The number of aliphatic hydroxyl groups excluding tert-OH is 1. The third-order valence-corrected chi connectivity index (χ3v) is 2.15. The van der Waals surface area contributed by atoms with E-state index in [0.717, 1.165) is 12.1 Å². The van der Waals surface area contributed by atoms with Gasteiger partial charge in [0.25, 0.3) is 6.43 Å². The third-order valence-electron chi connectivity index (χ3n) is 2.15. The summed E-state index contributed by atoms with van der Waals surface area (Å²) in [6.07, 6.45) is -9.59. The van der Waals surface area contributed by atoms with Crippen molar-refractivity contribution in [3.8, 4) is 0 Å².